The van der Waals surface area contributed by atoms with Crippen LogP contribution in [0.2, 0.25) is 10.0 Å². The zero-order valence-electron chi connectivity index (χ0n) is 26.5. The molecule has 2 saturated heterocycles. The lowest BCUT2D eigenvalue weighted by Gasteiger charge is -2.31. The molecule has 0 N–H and O–H groups in total. The van der Waals surface area contributed by atoms with Crippen LogP contribution in [0.1, 0.15) is 91.4 Å². The van der Waals surface area contributed by atoms with E-state index in [1.807, 2.05) is 55.1 Å². The Balaban J connectivity index is 0.00000166. The summed E-state index contributed by atoms with van der Waals surface area (Å²) in [7, 11) is 1.44. The molecule has 2 aliphatic carbocycles. The van der Waals surface area contributed by atoms with Crippen LogP contribution >= 0.6 is 34.5 Å². The van der Waals surface area contributed by atoms with Gasteiger partial charge in [0.05, 0.1) is 57.5 Å². The van der Waals surface area contributed by atoms with E-state index >= 15 is 0 Å². The molecule has 0 amide bonds. The predicted octanol–water partition coefficient (Wildman–Crippen LogP) is 8.56. The first kappa shape index (κ1) is 31.9. The largest absolute Gasteiger partial charge is 0.465 e. The third-order valence-corrected chi connectivity index (χ3v) is 11.5. The third kappa shape index (κ3) is 5.94. The molecule has 11 heteroatoms. The summed E-state index contributed by atoms with van der Waals surface area (Å²) < 4.78 is 20.3. The molecule has 2 aliphatic heterocycles. The Morgan fingerprint density at radius 1 is 1.04 bits per heavy atom. The second-order valence-electron chi connectivity index (χ2n) is 12.5. The van der Waals surface area contributed by atoms with Crippen LogP contribution < -0.4 is 4.90 Å². The van der Waals surface area contributed by atoms with E-state index in [0.29, 0.717) is 51.7 Å². The van der Waals surface area contributed by atoms with Crippen molar-refractivity contribution >= 4 is 55.9 Å². The van der Waals surface area contributed by atoms with E-state index < -0.39 is 0 Å². The SMILES string of the molecule is CC.COC(=O)c1cc(C2CCOCC2)c2nc(N3CC4CC3CC4OCc3c(C4CC4)cnn3-c3c(Cl)cccc3Cl)sc2c1. The standard InChI is InChI=1S/C33H34Cl2N4O4S.C2H6/c1-41-32(40)20-12-23(19-7-9-42-10-8-19)30-29(13-20)44-33(37-30)38-16-21-11-22(38)14-28(21)43-17-27-24(18-5-6-18)15-36-39(27)31-25(34)3-2-4-26(31)35;1-2/h2-4,12-13,15,18-19,21-22,28H,5-11,14,16-17H2,1H3;1-2H3. The molecule has 4 fully saturated rings. The van der Waals surface area contributed by atoms with Crippen molar-refractivity contribution in [3.05, 3.63) is 69.0 Å². The summed E-state index contributed by atoms with van der Waals surface area (Å²) in [5.74, 6) is 0.979. The summed E-state index contributed by atoms with van der Waals surface area (Å²) >= 11 is 14.8. The van der Waals surface area contributed by atoms with E-state index in [1.54, 1.807) is 11.3 Å². The lowest BCUT2D eigenvalue weighted by Crippen LogP contribution is -2.38. The lowest BCUT2D eigenvalue weighted by molar-refractivity contribution is 0.00993. The van der Waals surface area contributed by atoms with Gasteiger partial charge in [0.2, 0.25) is 0 Å². The number of hydrogen-bond acceptors (Lipinski definition) is 8. The van der Waals surface area contributed by atoms with E-state index in [1.165, 1.54) is 25.5 Å². The highest BCUT2D eigenvalue weighted by Crippen LogP contribution is 2.47. The number of methoxy groups -OCH3 is 1. The number of carbonyl (C=O) groups is 1. The summed E-state index contributed by atoms with van der Waals surface area (Å²) in [6.45, 7) is 6.86. The number of aromatic nitrogens is 3. The first-order valence-corrected chi connectivity index (χ1v) is 18.1. The first-order valence-electron chi connectivity index (χ1n) is 16.5. The number of ether oxygens (including phenoxy) is 3. The minimum atomic E-state index is -0.307. The van der Waals surface area contributed by atoms with Crippen LogP contribution in [0.4, 0.5) is 5.13 Å². The highest BCUT2D eigenvalue weighted by molar-refractivity contribution is 7.22. The molecule has 8 rings (SSSR count). The Morgan fingerprint density at radius 3 is 2.46 bits per heavy atom. The summed E-state index contributed by atoms with van der Waals surface area (Å²) in [6, 6.07) is 9.86. The molecule has 4 heterocycles. The average molecular weight is 684 g/mol. The molecule has 2 saturated carbocycles. The highest BCUT2D eigenvalue weighted by atomic mass is 35.5. The molecule has 2 aromatic heterocycles. The van der Waals surface area contributed by atoms with Gasteiger partial charge in [-0.25, -0.2) is 14.5 Å². The maximum atomic E-state index is 12.5. The number of thiazole rings is 1. The zero-order chi connectivity index (χ0) is 31.9. The maximum absolute atomic E-state index is 12.5. The number of para-hydroxylation sites is 1. The molecule has 0 spiro atoms. The number of anilines is 1. The van der Waals surface area contributed by atoms with Gasteiger partial charge in [0.1, 0.15) is 5.69 Å². The van der Waals surface area contributed by atoms with E-state index in [-0.39, 0.29) is 12.1 Å². The number of fused-ring (bicyclic) bond motifs is 3. The molecular formula is C35H40Cl2N4O4S. The van der Waals surface area contributed by atoms with Gasteiger partial charge in [-0.1, -0.05) is 54.5 Å². The number of benzene rings is 2. The smallest absolute Gasteiger partial charge is 0.337 e. The zero-order valence-corrected chi connectivity index (χ0v) is 28.8. The van der Waals surface area contributed by atoms with Crippen molar-refractivity contribution in [2.24, 2.45) is 5.92 Å². The Hall–Kier alpha value is -2.69. The van der Waals surface area contributed by atoms with Gasteiger partial charge in [0.25, 0.3) is 0 Å². The summed E-state index contributed by atoms with van der Waals surface area (Å²) in [5, 5.41) is 6.90. The van der Waals surface area contributed by atoms with Crippen LogP contribution in [-0.4, -0.2) is 59.7 Å². The van der Waals surface area contributed by atoms with Crippen molar-refractivity contribution in [3.63, 3.8) is 0 Å². The maximum Gasteiger partial charge on any atom is 0.337 e. The average Bonchev–Trinajstić information content (AvgIpc) is 3.38. The fourth-order valence-corrected chi connectivity index (χ4v) is 9.08. The van der Waals surface area contributed by atoms with Crippen LogP contribution in [0.3, 0.4) is 0 Å². The molecule has 46 heavy (non-hydrogen) atoms. The van der Waals surface area contributed by atoms with Gasteiger partial charge in [-0.3, -0.25) is 0 Å². The van der Waals surface area contributed by atoms with E-state index in [0.717, 1.165) is 72.0 Å². The topological polar surface area (TPSA) is 78.7 Å². The van der Waals surface area contributed by atoms with Crippen molar-refractivity contribution in [3.8, 4) is 5.69 Å². The quantitative estimate of drug-likeness (QED) is 0.172. The number of hydrogen-bond donors (Lipinski definition) is 0. The molecule has 8 nitrogen and oxygen atoms in total. The predicted molar refractivity (Wildman–Crippen MR) is 183 cm³/mol. The molecule has 4 aliphatic rings. The minimum absolute atomic E-state index is 0.173. The normalized spacial score (nSPS) is 22.7. The minimum Gasteiger partial charge on any atom is -0.465 e. The van der Waals surface area contributed by atoms with Gasteiger partial charge in [-0.05, 0) is 85.8 Å². The second-order valence-corrected chi connectivity index (χ2v) is 14.3. The fraction of sp³-hybridized carbons (Fsp3) is 0.514. The van der Waals surface area contributed by atoms with E-state index in [9.17, 15) is 4.79 Å². The van der Waals surface area contributed by atoms with Crippen molar-refractivity contribution < 1.29 is 19.0 Å². The Morgan fingerprint density at radius 2 is 1.78 bits per heavy atom. The molecule has 3 unspecified atom stereocenters. The Labute approximate surface area is 283 Å². The monoisotopic (exact) mass is 682 g/mol. The number of piperidine rings is 1. The fourth-order valence-electron chi connectivity index (χ4n) is 7.40. The van der Waals surface area contributed by atoms with Crippen molar-refractivity contribution in [2.45, 2.75) is 83.0 Å². The van der Waals surface area contributed by atoms with Gasteiger partial charge in [-0.2, -0.15) is 5.10 Å². The number of rotatable bonds is 8. The van der Waals surface area contributed by atoms with Crippen molar-refractivity contribution in [1.29, 1.82) is 0 Å². The summed E-state index contributed by atoms with van der Waals surface area (Å²) in [6.07, 6.45) is 8.41. The molecule has 2 bridgehead atoms. The number of carbonyl (C=O) groups excluding carboxylic acids is 1. The van der Waals surface area contributed by atoms with Gasteiger partial charge in [0, 0.05) is 31.7 Å². The van der Waals surface area contributed by atoms with E-state index in [4.69, 9.17) is 47.5 Å². The molecule has 2 aromatic carbocycles. The molecule has 3 atom stereocenters. The van der Waals surface area contributed by atoms with Crippen LogP contribution in [0.25, 0.3) is 15.9 Å². The molecule has 0 radical (unpaired) electrons. The molecule has 4 aromatic rings. The van der Waals surface area contributed by atoms with Crippen LogP contribution in [0, 0.1) is 5.92 Å². The first-order chi connectivity index (χ1) is 22.5. The second kappa shape index (κ2) is 13.4. The third-order valence-electron chi connectivity index (χ3n) is 9.82. The van der Waals surface area contributed by atoms with Gasteiger partial charge in [0.15, 0.2) is 5.13 Å². The number of esters is 1. The number of nitrogens with zero attached hydrogens (tertiary/aromatic N) is 4. The van der Waals surface area contributed by atoms with Crippen molar-refractivity contribution in [2.75, 3.05) is 31.8 Å². The van der Waals surface area contributed by atoms with Crippen molar-refractivity contribution in [1.82, 2.24) is 14.8 Å². The summed E-state index contributed by atoms with van der Waals surface area (Å²) in [4.78, 5) is 20.2. The Kier molecular flexibility index (Phi) is 9.31. The van der Waals surface area contributed by atoms with Gasteiger partial charge < -0.3 is 19.1 Å². The lowest BCUT2D eigenvalue weighted by atomic mass is 9.90. The van der Waals surface area contributed by atoms with E-state index in [2.05, 4.69) is 4.90 Å². The Bertz CT molecular complexity index is 1710. The van der Waals surface area contributed by atoms with Gasteiger partial charge >= 0.3 is 5.97 Å². The van der Waals surface area contributed by atoms with Crippen LogP contribution in [-0.2, 0) is 20.8 Å². The molecular weight excluding hydrogens is 643 g/mol. The van der Waals surface area contributed by atoms with Gasteiger partial charge in [-0.15, -0.1) is 0 Å². The summed E-state index contributed by atoms with van der Waals surface area (Å²) in [5.41, 5.74) is 5.75. The van der Waals surface area contributed by atoms with Crippen LogP contribution in [0.15, 0.2) is 36.5 Å². The highest BCUT2D eigenvalue weighted by Gasteiger charge is 2.46. The van der Waals surface area contributed by atoms with Crippen LogP contribution in [0.5, 0.6) is 0 Å². The number of halogens is 2. The molecule has 244 valence electrons.